The van der Waals surface area contributed by atoms with E-state index in [1.807, 2.05) is 68.4 Å². The van der Waals surface area contributed by atoms with E-state index < -0.39 is 0 Å². The Bertz CT molecular complexity index is 670. The van der Waals surface area contributed by atoms with Crippen molar-refractivity contribution in [3.05, 3.63) is 77.4 Å². The second kappa shape index (κ2) is 7.75. The number of hydrogen-bond donors (Lipinski definition) is 1. The third-order valence-electron chi connectivity index (χ3n) is 3.25. The van der Waals surface area contributed by atoms with E-state index in [9.17, 15) is 4.79 Å². The largest absolute Gasteiger partial charge is 0.458 e. The van der Waals surface area contributed by atoms with E-state index in [0.29, 0.717) is 0 Å². The third-order valence-corrected chi connectivity index (χ3v) is 3.25. The van der Waals surface area contributed by atoms with Crippen molar-refractivity contribution in [2.45, 2.75) is 32.4 Å². The van der Waals surface area contributed by atoms with Crippen LogP contribution in [0.3, 0.4) is 0 Å². The molecule has 0 aliphatic heterocycles. The Labute approximate surface area is 137 Å². The molecule has 2 N–H and O–H groups in total. The third kappa shape index (κ3) is 6.49. The molecule has 120 valence electrons. The zero-order chi connectivity index (χ0) is 16.7. The van der Waals surface area contributed by atoms with Gasteiger partial charge in [-0.25, -0.2) is 4.79 Å². The molecular formula is C20H23NO2. The van der Waals surface area contributed by atoms with Crippen LogP contribution < -0.4 is 5.73 Å². The lowest BCUT2D eigenvalue weighted by atomic mass is 9.95. The summed E-state index contributed by atoms with van der Waals surface area (Å²) in [6.45, 7) is 4.28. The maximum atomic E-state index is 11.8. The molecule has 3 heteroatoms. The van der Waals surface area contributed by atoms with Gasteiger partial charge in [0, 0.05) is 11.6 Å². The van der Waals surface area contributed by atoms with Crippen LogP contribution in [0.2, 0.25) is 0 Å². The van der Waals surface area contributed by atoms with Gasteiger partial charge in [-0.3, -0.25) is 0 Å². The number of carbonyl (C=O) groups excluding carboxylic acids is 1. The number of rotatable bonds is 6. The Balaban J connectivity index is 1.91. The van der Waals surface area contributed by atoms with E-state index in [1.165, 1.54) is 6.08 Å². The molecule has 0 aromatic heterocycles. The number of hydrogen-bond acceptors (Lipinski definition) is 3. The van der Waals surface area contributed by atoms with Gasteiger partial charge >= 0.3 is 5.97 Å². The van der Waals surface area contributed by atoms with Gasteiger partial charge < -0.3 is 10.5 Å². The predicted octanol–water partition coefficient (Wildman–Crippen LogP) is 3.72. The summed E-state index contributed by atoms with van der Waals surface area (Å²) >= 11 is 0. The molecule has 0 aliphatic rings. The molecule has 0 atom stereocenters. The van der Waals surface area contributed by atoms with Crippen LogP contribution in [-0.2, 0) is 22.6 Å². The molecule has 0 aliphatic carbocycles. The van der Waals surface area contributed by atoms with Crippen molar-refractivity contribution in [2.24, 2.45) is 5.73 Å². The highest BCUT2D eigenvalue weighted by Gasteiger charge is 2.11. The van der Waals surface area contributed by atoms with Gasteiger partial charge in [-0.1, -0.05) is 54.6 Å². The molecule has 0 heterocycles. The summed E-state index contributed by atoms with van der Waals surface area (Å²) in [7, 11) is 0. The van der Waals surface area contributed by atoms with Crippen LogP contribution in [0.5, 0.6) is 0 Å². The van der Waals surface area contributed by atoms with Gasteiger partial charge in [0.15, 0.2) is 0 Å². The van der Waals surface area contributed by atoms with E-state index in [2.05, 4.69) is 0 Å². The average molecular weight is 309 g/mol. The Kier molecular flexibility index (Phi) is 5.72. The standard InChI is InChI=1S/C20H23NO2/c1-20(2,21)14-18-10-6-9-16(13-18)11-12-19(22)23-15-17-7-4-3-5-8-17/h3-13H,14-15,21H2,1-2H3. The number of carbonyl (C=O) groups is 1. The molecule has 0 bridgehead atoms. The van der Waals surface area contributed by atoms with Gasteiger partial charge in [-0.2, -0.15) is 0 Å². The molecule has 0 amide bonds. The summed E-state index contributed by atoms with van der Waals surface area (Å²) in [6.07, 6.45) is 4.00. The fourth-order valence-corrected chi connectivity index (χ4v) is 2.27. The minimum atomic E-state index is -0.349. The maximum absolute atomic E-state index is 11.8. The van der Waals surface area contributed by atoms with Crippen LogP contribution in [0.25, 0.3) is 6.08 Å². The zero-order valence-electron chi connectivity index (χ0n) is 13.7. The summed E-state index contributed by atoms with van der Waals surface area (Å²) in [4.78, 5) is 11.8. The number of ether oxygens (including phenoxy) is 1. The Morgan fingerprint density at radius 1 is 1.09 bits per heavy atom. The van der Waals surface area contributed by atoms with Crippen LogP contribution in [0.1, 0.15) is 30.5 Å². The second-order valence-electron chi connectivity index (χ2n) is 6.34. The second-order valence-corrected chi connectivity index (χ2v) is 6.34. The summed E-state index contributed by atoms with van der Waals surface area (Å²) in [5, 5.41) is 0. The van der Waals surface area contributed by atoms with Crippen LogP contribution in [0, 0.1) is 0 Å². The van der Waals surface area contributed by atoms with Gasteiger partial charge in [-0.05, 0) is 43.0 Å². The molecule has 0 saturated heterocycles. The first-order chi connectivity index (χ1) is 10.9. The highest BCUT2D eigenvalue weighted by Crippen LogP contribution is 2.13. The van der Waals surface area contributed by atoms with Crippen molar-refractivity contribution in [3.63, 3.8) is 0 Å². The summed E-state index contributed by atoms with van der Waals surface area (Å²) < 4.78 is 5.21. The lowest BCUT2D eigenvalue weighted by molar-refractivity contribution is -0.138. The SMILES string of the molecule is CC(C)(N)Cc1cccc(C=CC(=O)OCc2ccccc2)c1. The van der Waals surface area contributed by atoms with Crippen molar-refractivity contribution in [1.82, 2.24) is 0 Å². The van der Waals surface area contributed by atoms with Gasteiger partial charge in [0.05, 0.1) is 0 Å². The minimum absolute atomic E-state index is 0.253. The highest BCUT2D eigenvalue weighted by molar-refractivity contribution is 5.87. The van der Waals surface area contributed by atoms with E-state index in [1.54, 1.807) is 6.08 Å². The normalized spacial score (nSPS) is 11.6. The molecule has 23 heavy (non-hydrogen) atoms. The number of benzene rings is 2. The first-order valence-electron chi connectivity index (χ1n) is 7.69. The topological polar surface area (TPSA) is 52.3 Å². The van der Waals surface area contributed by atoms with Gasteiger partial charge in [0.25, 0.3) is 0 Å². The van der Waals surface area contributed by atoms with Crippen molar-refractivity contribution in [1.29, 1.82) is 0 Å². The monoisotopic (exact) mass is 309 g/mol. The van der Waals surface area contributed by atoms with Crippen LogP contribution in [-0.4, -0.2) is 11.5 Å². The van der Waals surface area contributed by atoms with Gasteiger partial charge in [0.1, 0.15) is 6.61 Å². The molecule has 2 aromatic rings. The maximum Gasteiger partial charge on any atom is 0.331 e. The van der Waals surface area contributed by atoms with E-state index in [-0.39, 0.29) is 18.1 Å². The van der Waals surface area contributed by atoms with Crippen molar-refractivity contribution in [2.75, 3.05) is 0 Å². The van der Waals surface area contributed by atoms with Crippen molar-refractivity contribution >= 4 is 12.0 Å². The van der Waals surface area contributed by atoms with E-state index >= 15 is 0 Å². The Morgan fingerprint density at radius 2 is 1.78 bits per heavy atom. The van der Waals surface area contributed by atoms with Crippen LogP contribution in [0.4, 0.5) is 0 Å². The minimum Gasteiger partial charge on any atom is -0.458 e. The Hall–Kier alpha value is -2.39. The summed E-state index contributed by atoms with van der Waals surface area (Å²) in [5.41, 5.74) is 8.87. The fraction of sp³-hybridized carbons (Fsp3) is 0.250. The molecule has 0 unspecified atom stereocenters. The first kappa shape index (κ1) is 17.0. The summed E-state index contributed by atoms with van der Waals surface area (Å²) in [5.74, 6) is -0.349. The van der Waals surface area contributed by atoms with Crippen LogP contribution in [0.15, 0.2) is 60.7 Å². The molecule has 2 aromatic carbocycles. The quantitative estimate of drug-likeness (QED) is 0.653. The zero-order valence-corrected chi connectivity index (χ0v) is 13.7. The van der Waals surface area contributed by atoms with Crippen LogP contribution >= 0.6 is 0 Å². The highest BCUT2D eigenvalue weighted by atomic mass is 16.5. The lowest BCUT2D eigenvalue weighted by Crippen LogP contribution is -2.34. The fourth-order valence-electron chi connectivity index (χ4n) is 2.27. The average Bonchev–Trinajstić information content (AvgIpc) is 2.51. The molecular weight excluding hydrogens is 286 g/mol. The van der Waals surface area contributed by atoms with Crippen molar-refractivity contribution < 1.29 is 9.53 Å². The smallest absolute Gasteiger partial charge is 0.331 e. The number of nitrogens with two attached hydrogens (primary N) is 1. The van der Waals surface area contributed by atoms with E-state index in [4.69, 9.17) is 10.5 Å². The molecule has 0 fully saturated rings. The van der Waals surface area contributed by atoms with Gasteiger partial charge in [0.2, 0.25) is 0 Å². The predicted molar refractivity (Wildman–Crippen MR) is 93.7 cm³/mol. The van der Waals surface area contributed by atoms with Gasteiger partial charge in [-0.15, -0.1) is 0 Å². The lowest BCUT2D eigenvalue weighted by Gasteiger charge is -2.18. The van der Waals surface area contributed by atoms with E-state index in [0.717, 1.165) is 23.1 Å². The molecule has 0 radical (unpaired) electrons. The Morgan fingerprint density at radius 3 is 2.48 bits per heavy atom. The molecule has 0 spiro atoms. The molecule has 0 saturated carbocycles. The molecule has 2 rings (SSSR count). The summed E-state index contributed by atoms with van der Waals surface area (Å²) in [6, 6.07) is 17.6. The molecule has 3 nitrogen and oxygen atoms in total. The first-order valence-corrected chi connectivity index (χ1v) is 7.69. The number of esters is 1. The van der Waals surface area contributed by atoms with Crippen molar-refractivity contribution in [3.8, 4) is 0 Å².